The maximum atomic E-state index is 13.3. The van der Waals surface area contributed by atoms with Crippen LogP contribution in [0.25, 0.3) is 22.0 Å². The van der Waals surface area contributed by atoms with Crippen LogP contribution in [0, 0.1) is 0 Å². The number of hydrogen-bond donors (Lipinski definition) is 0. The lowest BCUT2D eigenvalue weighted by Gasteiger charge is -2.35. The van der Waals surface area contributed by atoms with Crippen LogP contribution in [-0.4, -0.2) is 65.3 Å². The highest BCUT2D eigenvalue weighted by Gasteiger charge is 2.30. The molecule has 212 valence electrons. The van der Waals surface area contributed by atoms with Gasteiger partial charge in [0.2, 0.25) is 11.8 Å². The van der Waals surface area contributed by atoms with Crippen molar-refractivity contribution in [2.24, 2.45) is 0 Å². The minimum Gasteiger partial charge on any atom is -0.481 e. The maximum Gasteiger partial charge on any atom is 0.410 e. The molecular weight excluding hydrogens is 506 g/mol. The third-order valence-corrected chi connectivity index (χ3v) is 7.65. The second-order valence-corrected chi connectivity index (χ2v) is 11.7. The van der Waals surface area contributed by atoms with Crippen LogP contribution >= 0.6 is 0 Å². The highest BCUT2D eigenvalue weighted by Crippen LogP contribution is 2.34. The zero-order chi connectivity index (χ0) is 28.4. The van der Waals surface area contributed by atoms with Crippen molar-refractivity contribution in [2.45, 2.75) is 71.7 Å². The van der Waals surface area contributed by atoms with E-state index in [0.717, 1.165) is 59.0 Å². The third-order valence-electron chi connectivity index (χ3n) is 7.65. The summed E-state index contributed by atoms with van der Waals surface area (Å²) in [6.45, 7) is 10.4. The van der Waals surface area contributed by atoms with Crippen molar-refractivity contribution in [3.63, 3.8) is 0 Å². The molecule has 0 N–H and O–H groups in total. The molecule has 2 aromatic carbocycles. The van der Waals surface area contributed by atoms with Crippen molar-refractivity contribution in [1.82, 2.24) is 14.8 Å². The van der Waals surface area contributed by atoms with Crippen molar-refractivity contribution in [1.29, 1.82) is 0 Å². The van der Waals surface area contributed by atoms with Gasteiger partial charge in [-0.25, -0.2) is 9.78 Å². The fourth-order valence-electron chi connectivity index (χ4n) is 5.54. The topological polar surface area (TPSA) is 81.2 Å². The minimum absolute atomic E-state index is 0.0534. The molecule has 5 rings (SSSR count). The SMILES string of the molecule is COc1cc(-c2ccc3c(c2)CN(C(C)=O)CC3)c2cc(CN(C(=O)OC(C)(C)C)C3CCOCC3)ccc2n1. The number of carbonyl (C=O) groups is 2. The Hall–Kier alpha value is -3.65. The van der Waals surface area contributed by atoms with Crippen molar-refractivity contribution >= 4 is 22.9 Å². The minimum atomic E-state index is -0.581. The van der Waals surface area contributed by atoms with E-state index < -0.39 is 5.60 Å². The van der Waals surface area contributed by atoms with Crippen LogP contribution in [0.15, 0.2) is 42.5 Å². The molecule has 0 unspecified atom stereocenters. The predicted molar refractivity (Wildman–Crippen MR) is 154 cm³/mol. The lowest BCUT2D eigenvalue weighted by atomic mass is 9.93. The highest BCUT2D eigenvalue weighted by atomic mass is 16.6. The van der Waals surface area contributed by atoms with Gasteiger partial charge >= 0.3 is 6.09 Å². The number of methoxy groups -OCH3 is 1. The van der Waals surface area contributed by atoms with Gasteiger partial charge in [-0.2, -0.15) is 0 Å². The van der Waals surface area contributed by atoms with Crippen LogP contribution in [0.3, 0.4) is 0 Å². The number of fused-ring (bicyclic) bond motifs is 2. The monoisotopic (exact) mass is 545 g/mol. The highest BCUT2D eigenvalue weighted by molar-refractivity contribution is 5.95. The Balaban J connectivity index is 1.53. The summed E-state index contributed by atoms with van der Waals surface area (Å²) in [5, 5.41) is 0.980. The first-order valence-corrected chi connectivity index (χ1v) is 14.0. The fraction of sp³-hybridized carbons (Fsp3) is 0.469. The predicted octanol–water partition coefficient (Wildman–Crippen LogP) is 5.73. The molecule has 3 heterocycles. The van der Waals surface area contributed by atoms with E-state index in [4.69, 9.17) is 19.2 Å². The van der Waals surface area contributed by atoms with E-state index in [1.54, 1.807) is 14.0 Å². The molecule has 0 bridgehead atoms. The number of pyridine rings is 1. The number of rotatable bonds is 5. The smallest absolute Gasteiger partial charge is 0.410 e. The number of aromatic nitrogens is 1. The Morgan fingerprint density at radius 1 is 1.07 bits per heavy atom. The van der Waals surface area contributed by atoms with Gasteiger partial charge in [0.05, 0.1) is 12.6 Å². The number of benzene rings is 2. The average molecular weight is 546 g/mol. The van der Waals surface area contributed by atoms with Crippen LogP contribution in [0.4, 0.5) is 4.79 Å². The van der Waals surface area contributed by atoms with Gasteiger partial charge < -0.3 is 24.0 Å². The van der Waals surface area contributed by atoms with Gasteiger partial charge in [0, 0.05) is 57.3 Å². The Labute approximate surface area is 236 Å². The van der Waals surface area contributed by atoms with E-state index in [0.29, 0.717) is 32.2 Å². The summed E-state index contributed by atoms with van der Waals surface area (Å²) < 4.78 is 16.9. The summed E-state index contributed by atoms with van der Waals surface area (Å²) >= 11 is 0. The standard InChI is InChI=1S/C32H39N3O5/c1-21(36)34-13-10-23-7-8-24(17-25(23)20-34)27-18-30(38-5)33-29-9-6-22(16-28(27)29)19-35(26-11-14-39-15-12-26)31(37)40-32(2,3)4/h6-9,16-18,26H,10-15,19-20H2,1-5H3. The van der Waals surface area contributed by atoms with Gasteiger partial charge in [0.15, 0.2) is 0 Å². The molecule has 0 radical (unpaired) electrons. The van der Waals surface area contributed by atoms with E-state index in [9.17, 15) is 9.59 Å². The molecule has 2 aliphatic heterocycles. The summed E-state index contributed by atoms with van der Waals surface area (Å²) in [6.07, 6.45) is 2.11. The molecular formula is C32H39N3O5. The zero-order valence-corrected chi connectivity index (χ0v) is 24.2. The number of carbonyl (C=O) groups excluding carboxylic acids is 2. The molecule has 40 heavy (non-hydrogen) atoms. The Morgan fingerprint density at radius 2 is 1.85 bits per heavy atom. The van der Waals surface area contributed by atoms with Gasteiger partial charge in [0.25, 0.3) is 0 Å². The van der Waals surface area contributed by atoms with Gasteiger partial charge in [-0.15, -0.1) is 0 Å². The normalized spacial score (nSPS) is 16.0. The van der Waals surface area contributed by atoms with E-state index in [1.165, 1.54) is 5.56 Å². The van der Waals surface area contributed by atoms with Crippen LogP contribution in [0.2, 0.25) is 0 Å². The molecule has 2 aliphatic rings. The quantitative estimate of drug-likeness (QED) is 0.407. The largest absolute Gasteiger partial charge is 0.481 e. The first-order chi connectivity index (χ1) is 19.1. The number of amides is 2. The molecule has 8 nitrogen and oxygen atoms in total. The summed E-state index contributed by atoms with van der Waals surface area (Å²) in [5.74, 6) is 0.631. The van der Waals surface area contributed by atoms with Crippen LogP contribution in [-0.2, 0) is 33.8 Å². The molecule has 3 aromatic rings. The summed E-state index contributed by atoms with van der Waals surface area (Å²) in [4.78, 5) is 33.8. The van der Waals surface area contributed by atoms with E-state index in [1.807, 2.05) is 48.8 Å². The first-order valence-electron chi connectivity index (χ1n) is 14.0. The number of hydrogen-bond acceptors (Lipinski definition) is 6. The van der Waals surface area contributed by atoms with Crippen molar-refractivity contribution in [2.75, 3.05) is 26.9 Å². The van der Waals surface area contributed by atoms with Crippen molar-refractivity contribution in [3.05, 3.63) is 59.2 Å². The molecule has 2 amide bonds. The average Bonchev–Trinajstić information content (AvgIpc) is 2.94. The maximum absolute atomic E-state index is 13.3. The lowest BCUT2D eigenvalue weighted by molar-refractivity contribution is -0.129. The Bertz CT molecular complexity index is 1410. The van der Waals surface area contributed by atoms with Gasteiger partial charge in [0.1, 0.15) is 5.60 Å². The van der Waals surface area contributed by atoms with Crippen molar-refractivity contribution in [3.8, 4) is 17.0 Å². The molecule has 1 saturated heterocycles. The lowest BCUT2D eigenvalue weighted by Crippen LogP contribution is -2.45. The van der Waals surface area contributed by atoms with Gasteiger partial charge in [-0.1, -0.05) is 18.2 Å². The Morgan fingerprint density at radius 3 is 2.55 bits per heavy atom. The first kappa shape index (κ1) is 27.9. The second-order valence-electron chi connectivity index (χ2n) is 11.7. The van der Waals surface area contributed by atoms with Gasteiger partial charge in [-0.3, -0.25) is 4.79 Å². The molecule has 1 fully saturated rings. The van der Waals surface area contributed by atoms with Crippen LogP contribution in [0.5, 0.6) is 5.88 Å². The van der Waals surface area contributed by atoms with Gasteiger partial charge in [-0.05, 0) is 86.1 Å². The summed E-state index contributed by atoms with van der Waals surface area (Å²) in [7, 11) is 1.62. The fourth-order valence-corrected chi connectivity index (χ4v) is 5.54. The number of ether oxygens (including phenoxy) is 3. The van der Waals surface area contributed by atoms with E-state index in [-0.39, 0.29) is 18.0 Å². The molecule has 0 aliphatic carbocycles. The second kappa shape index (κ2) is 11.5. The molecule has 8 heteroatoms. The third kappa shape index (κ3) is 6.22. The Kier molecular flexibility index (Phi) is 7.99. The molecule has 1 aromatic heterocycles. The summed E-state index contributed by atoms with van der Waals surface area (Å²) in [5.41, 5.74) is 5.71. The molecule has 0 atom stereocenters. The summed E-state index contributed by atoms with van der Waals surface area (Å²) in [6, 6.07) is 14.6. The zero-order valence-electron chi connectivity index (χ0n) is 24.2. The van der Waals surface area contributed by atoms with E-state index in [2.05, 4.69) is 24.3 Å². The molecule has 0 spiro atoms. The number of nitrogens with zero attached hydrogens (tertiary/aromatic N) is 3. The van der Waals surface area contributed by atoms with Crippen molar-refractivity contribution < 1.29 is 23.8 Å². The molecule has 0 saturated carbocycles. The van der Waals surface area contributed by atoms with Crippen LogP contribution in [0.1, 0.15) is 57.2 Å². The van der Waals surface area contributed by atoms with Crippen LogP contribution < -0.4 is 4.74 Å². The van der Waals surface area contributed by atoms with E-state index >= 15 is 0 Å².